The average Bonchev–Trinajstić information content (AvgIpc) is 2.62. The Kier molecular flexibility index (Phi) is 7.72. The average molecular weight is 382 g/mol. The molecular weight excluding hydrogens is 354 g/mol. The lowest BCUT2D eigenvalue weighted by Gasteiger charge is -2.37. The molecule has 2 rings (SSSR count). The van der Waals surface area contributed by atoms with Gasteiger partial charge in [0, 0.05) is 37.7 Å². The molecule has 0 aliphatic carbocycles. The Bertz CT molecular complexity index is 599. The van der Waals surface area contributed by atoms with E-state index < -0.39 is 12.1 Å². The van der Waals surface area contributed by atoms with Crippen molar-refractivity contribution < 1.29 is 14.3 Å². The topological polar surface area (TPSA) is 61.9 Å². The van der Waals surface area contributed by atoms with Crippen LogP contribution in [-0.4, -0.2) is 60.6 Å². The number of hydrogen-bond donors (Lipinski definition) is 1. The summed E-state index contributed by atoms with van der Waals surface area (Å²) in [5.41, 5.74) is 1.21. The number of rotatable bonds is 6. The lowest BCUT2D eigenvalue weighted by atomic mass is 10.0. The smallest absolute Gasteiger partial charge is 0.407 e. The van der Waals surface area contributed by atoms with Crippen molar-refractivity contribution >= 4 is 23.6 Å². The fraction of sp³-hybridized carbons (Fsp3) is 0.579. The van der Waals surface area contributed by atoms with Crippen LogP contribution in [0.2, 0.25) is 5.02 Å². The monoisotopic (exact) mass is 381 g/mol. The van der Waals surface area contributed by atoms with Crippen LogP contribution < -0.4 is 5.32 Å². The molecule has 144 valence electrons. The van der Waals surface area contributed by atoms with Gasteiger partial charge in [0.05, 0.1) is 6.61 Å². The quantitative estimate of drug-likeness (QED) is 0.823. The number of halogens is 1. The van der Waals surface area contributed by atoms with E-state index in [1.54, 1.807) is 6.92 Å². The van der Waals surface area contributed by atoms with Crippen LogP contribution in [0.4, 0.5) is 4.79 Å². The highest BCUT2D eigenvalue weighted by molar-refractivity contribution is 6.30. The van der Waals surface area contributed by atoms with Crippen LogP contribution in [0.5, 0.6) is 0 Å². The van der Waals surface area contributed by atoms with Crippen LogP contribution >= 0.6 is 11.6 Å². The molecule has 0 spiro atoms. The molecule has 1 unspecified atom stereocenters. The van der Waals surface area contributed by atoms with Gasteiger partial charge in [-0.15, -0.1) is 0 Å². The van der Waals surface area contributed by atoms with E-state index in [4.69, 9.17) is 16.3 Å². The fourth-order valence-corrected chi connectivity index (χ4v) is 3.11. The van der Waals surface area contributed by atoms with Crippen LogP contribution in [0.25, 0.3) is 0 Å². The maximum absolute atomic E-state index is 12.8. The minimum atomic E-state index is -0.558. The van der Waals surface area contributed by atoms with E-state index in [-0.39, 0.29) is 18.4 Å². The van der Waals surface area contributed by atoms with Gasteiger partial charge in [-0.2, -0.15) is 0 Å². The summed E-state index contributed by atoms with van der Waals surface area (Å²) in [5, 5.41) is 3.43. The lowest BCUT2D eigenvalue weighted by molar-refractivity contribution is -0.136. The third-order valence-electron chi connectivity index (χ3n) is 4.48. The molecule has 1 heterocycles. The van der Waals surface area contributed by atoms with E-state index in [9.17, 15) is 9.59 Å². The lowest BCUT2D eigenvalue weighted by Crippen LogP contribution is -2.56. The van der Waals surface area contributed by atoms with Gasteiger partial charge in [0.15, 0.2) is 0 Å². The van der Waals surface area contributed by atoms with Gasteiger partial charge in [-0.25, -0.2) is 4.79 Å². The zero-order chi connectivity index (χ0) is 19.1. The summed E-state index contributed by atoms with van der Waals surface area (Å²) < 4.78 is 4.91. The largest absolute Gasteiger partial charge is 0.450 e. The molecule has 1 N–H and O–H groups in total. The molecule has 1 fully saturated rings. The van der Waals surface area contributed by atoms with Crippen LogP contribution in [-0.2, 0) is 16.1 Å². The number of nitrogens with zero attached hydrogens (tertiary/aromatic N) is 2. The minimum Gasteiger partial charge on any atom is -0.450 e. The highest BCUT2D eigenvalue weighted by Crippen LogP contribution is 2.14. The number of ether oxygens (including phenoxy) is 1. The first-order chi connectivity index (χ1) is 12.4. The number of benzene rings is 1. The molecule has 6 nitrogen and oxygen atoms in total. The van der Waals surface area contributed by atoms with Crippen molar-refractivity contribution in [1.82, 2.24) is 15.1 Å². The van der Waals surface area contributed by atoms with Crippen molar-refractivity contribution in [3.05, 3.63) is 34.9 Å². The van der Waals surface area contributed by atoms with Crippen LogP contribution in [0.1, 0.15) is 26.3 Å². The Balaban J connectivity index is 1.87. The summed E-state index contributed by atoms with van der Waals surface area (Å²) >= 11 is 5.92. The number of piperazine rings is 1. The van der Waals surface area contributed by atoms with Gasteiger partial charge in [-0.05, 0) is 30.5 Å². The predicted molar refractivity (Wildman–Crippen MR) is 102 cm³/mol. The first-order valence-corrected chi connectivity index (χ1v) is 9.47. The molecule has 1 atom stereocenters. The van der Waals surface area contributed by atoms with Gasteiger partial charge < -0.3 is 15.0 Å². The molecule has 1 aromatic rings. The van der Waals surface area contributed by atoms with Gasteiger partial charge in [-0.3, -0.25) is 9.69 Å². The fourth-order valence-electron chi connectivity index (χ4n) is 2.98. The molecule has 0 saturated carbocycles. The minimum absolute atomic E-state index is 0.000923. The predicted octanol–water partition coefficient (Wildman–Crippen LogP) is 2.75. The molecule has 26 heavy (non-hydrogen) atoms. The summed E-state index contributed by atoms with van der Waals surface area (Å²) in [6.07, 6.45) is -0.541. The molecule has 0 radical (unpaired) electrons. The third-order valence-corrected chi connectivity index (χ3v) is 4.74. The highest BCUT2D eigenvalue weighted by Gasteiger charge is 2.31. The summed E-state index contributed by atoms with van der Waals surface area (Å²) in [4.78, 5) is 28.7. The Morgan fingerprint density at radius 3 is 2.31 bits per heavy atom. The number of carbonyl (C=O) groups excluding carboxylic acids is 2. The SMILES string of the molecule is CCOC(=O)NC(C(=O)N1CCN(Cc2ccc(Cl)cc2)CC1)C(C)C. The molecule has 1 aliphatic heterocycles. The molecule has 7 heteroatoms. The summed E-state index contributed by atoms with van der Waals surface area (Å²) in [7, 11) is 0. The number of amides is 2. The second-order valence-corrected chi connectivity index (χ2v) is 7.25. The number of hydrogen-bond acceptors (Lipinski definition) is 4. The van der Waals surface area contributed by atoms with Crippen molar-refractivity contribution in [3.8, 4) is 0 Å². The number of nitrogens with one attached hydrogen (secondary N) is 1. The molecule has 1 aromatic carbocycles. The van der Waals surface area contributed by atoms with E-state index in [2.05, 4.69) is 10.2 Å². The maximum Gasteiger partial charge on any atom is 0.407 e. The normalized spacial score (nSPS) is 16.4. The van der Waals surface area contributed by atoms with Crippen LogP contribution in [0.3, 0.4) is 0 Å². The van der Waals surface area contributed by atoms with Gasteiger partial charge in [0.2, 0.25) is 5.91 Å². The summed E-state index contributed by atoms with van der Waals surface area (Å²) in [5.74, 6) is -0.0433. The molecule has 0 bridgehead atoms. The van der Waals surface area contributed by atoms with E-state index >= 15 is 0 Å². The second kappa shape index (κ2) is 9.78. The zero-order valence-electron chi connectivity index (χ0n) is 15.7. The van der Waals surface area contributed by atoms with Gasteiger partial charge in [-0.1, -0.05) is 37.6 Å². The van der Waals surface area contributed by atoms with Crippen LogP contribution in [0, 0.1) is 5.92 Å². The van der Waals surface area contributed by atoms with Crippen molar-refractivity contribution in [2.24, 2.45) is 5.92 Å². The van der Waals surface area contributed by atoms with E-state index in [0.29, 0.717) is 13.1 Å². The third kappa shape index (κ3) is 5.88. The van der Waals surface area contributed by atoms with Gasteiger partial charge >= 0.3 is 6.09 Å². The molecule has 1 saturated heterocycles. The Labute approximate surface area is 160 Å². The van der Waals surface area contributed by atoms with Crippen molar-refractivity contribution in [2.45, 2.75) is 33.4 Å². The number of alkyl carbamates (subject to hydrolysis) is 1. The highest BCUT2D eigenvalue weighted by atomic mass is 35.5. The van der Waals surface area contributed by atoms with Gasteiger partial charge in [0.25, 0.3) is 0 Å². The molecular formula is C19H28ClN3O3. The summed E-state index contributed by atoms with van der Waals surface area (Å²) in [6.45, 7) is 9.63. The second-order valence-electron chi connectivity index (χ2n) is 6.81. The van der Waals surface area contributed by atoms with Crippen molar-refractivity contribution in [1.29, 1.82) is 0 Å². The van der Waals surface area contributed by atoms with E-state index in [1.165, 1.54) is 5.56 Å². The molecule has 1 aliphatic rings. The first-order valence-electron chi connectivity index (χ1n) is 9.09. The standard InChI is InChI=1S/C19H28ClN3O3/c1-4-26-19(25)21-17(14(2)3)18(24)23-11-9-22(10-12-23)13-15-5-7-16(20)8-6-15/h5-8,14,17H,4,9-13H2,1-3H3,(H,21,25). The van der Waals surface area contributed by atoms with Gasteiger partial charge in [0.1, 0.15) is 6.04 Å². The zero-order valence-corrected chi connectivity index (χ0v) is 16.5. The van der Waals surface area contributed by atoms with E-state index in [1.807, 2.05) is 43.0 Å². The molecule has 0 aromatic heterocycles. The summed E-state index contributed by atoms with van der Waals surface area (Å²) in [6, 6.07) is 7.28. The Hall–Kier alpha value is -1.79. The Morgan fingerprint density at radius 2 is 1.77 bits per heavy atom. The molecule has 2 amide bonds. The first kappa shape index (κ1) is 20.5. The van der Waals surface area contributed by atoms with Crippen LogP contribution in [0.15, 0.2) is 24.3 Å². The van der Waals surface area contributed by atoms with E-state index in [0.717, 1.165) is 24.7 Å². The number of carbonyl (C=O) groups is 2. The maximum atomic E-state index is 12.8. The Morgan fingerprint density at radius 1 is 1.15 bits per heavy atom. The van der Waals surface area contributed by atoms with Crippen molar-refractivity contribution in [3.63, 3.8) is 0 Å². The van der Waals surface area contributed by atoms with Crippen molar-refractivity contribution in [2.75, 3.05) is 32.8 Å².